The van der Waals surface area contributed by atoms with Crippen molar-refractivity contribution in [3.05, 3.63) is 42.0 Å². The third-order valence-electron chi connectivity index (χ3n) is 3.24. The molecule has 4 nitrogen and oxygen atoms in total. The standard InChI is InChI=1S/C14H17N3O/c1-2-13(17-7-5-16-6-8-17)12-9-11(10-15)3-4-14(12)18/h2-4,9,13,16,18H,1,5-8H2/t13-/m1/s1. The average Bonchev–Trinajstić information content (AvgIpc) is 2.43. The van der Waals surface area contributed by atoms with E-state index in [2.05, 4.69) is 22.9 Å². The first-order valence-corrected chi connectivity index (χ1v) is 6.06. The molecule has 94 valence electrons. The predicted octanol–water partition coefficient (Wildman–Crippen LogP) is 1.40. The number of nitrogens with zero attached hydrogens (tertiary/aromatic N) is 2. The monoisotopic (exact) mass is 243 g/mol. The van der Waals surface area contributed by atoms with Crippen LogP contribution in [0.3, 0.4) is 0 Å². The van der Waals surface area contributed by atoms with Crippen molar-refractivity contribution in [3.8, 4) is 11.8 Å². The van der Waals surface area contributed by atoms with E-state index in [1.807, 2.05) is 6.08 Å². The first-order valence-electron chi connectivity index (χ1n) is 6.06. The Hall–Kier alpha value is -1.83. The minimum absolute atomic E-state index is 0.0413. The van der Waals surface area contributed by atoms with Crippen molar-refractivity contribution in [1.29, 1.82) is 5.26 Å². The van der Waals surface area contributed by atoms with E-state index < -0.39 is 0 Å². The molecule has 0 spiro atoms. The molecule has 1 heterocycles. The van der Waals surface area contributed by atoms with Gasteiger partial charge in [-0.15, -0.1) is 6.58 Å². The summed E-state index contributed by atoms with van der Waals surface area (Å²) in [7, 11) is 0. The Morgan fingerprint density at radius 2 is 2.17 bits per heavy atom. The fourth-order valence-corrected chi connectivity index (χ4v) is 2.29. The van der Waals surface area contributed by atoms with E-state index in [1.54, 1.807) is 18.2 Å². The molecule has 0 radical (unpaired) electrons. The number of phenols is 1. The summed E-state index contributed by atoms with van der Waals surface area (Å²) in [5, 5.41) is 22.2. The Bertz CT molecular complexity index is 472. The van der Waals surface area contributed by atoms with Crippen molar-refractivity contribution >= 4 is 0 Å². The normalized spacial score (nSPS) is 17.9. The predicted molar refractivity (Wildman–Crippen MR) is 70.2 cm³/mol. The van der Waals surface area contributed by atoms with Gasteiger partial charge in [0.15, 0.2) is 0 Å². The van der Waals surface area contributed by atoms with Gasteiger partial charge in [0.1, 0.15) is 5.75 Å². The second-order valence-electron chi connectivity index (χ2n) is 4.35. The van der Waals surface area contributed by atoms with Gasteiger partial charge in [0.05, 0.1) is 17.7 Å². The van der Waals surface area contributed by atoms with E-state index in [0.717, 1.165) is 31.7 Å². The van der Waals surface area contributed by atoms with Crippen molar-refractivity contribution in [2.75, 3.05) is 26.2 Å². The Labute approximate surface area is 107 Å². The molecular formula is C14H17N3O. The quantitative estimate of drug-likeness (QED) is 0.788. The highest BCUT2D eigenvalue weighted by atomic mass is 16.3. The van der Waals surface area contributed by atoms with Gasteiger partial charge in [0.2, 0.25) is 0 Å². The molecule has 1 fully saturated rings. The highest BCUT2D eigenvalue weighted by Gasteiger charge is 2.22. The Balaban J connectivity index is 2.31. The number of phenolic OH excluding ortho intramolecular Hbond substituents is 1. The second kappa shape index (κ2) is 5.67. The topological polar surface area (TPSA) is 59.3 Å². The van der Waals surface area contributed by atoms with Crippen LogP contribution in [-0.2, 0) is 0 Å². The maximum atomic E-state index is 9.96. The highest BCUT2D eigenvalue weighted by molar-refractivity contribution is 5.44. The molecule has 0 aromatic heterocycles. The van der Waals surface area contributed by atoms with Crippen LogP contribution in [0.5, 0.6) is 5.75 Å². The molecule has 0 aliphatic carbocycles. The minimum Gasteiger partial charge on any atom is -0.508 e. The van der Waals surface area contributed by atoms with Crippen LogP contribution in [0.25, 0.3) is 0 Å². The smallest absolute Gasteiger partial charge is 0.120 e. The van der Waals surface area contributed by atoms with Crippen LogP contribution in [0, 0.1) is 11.3 Å². The summed E-state index contributed by atoms with van der Waals surface area (Å²) in [5.74, 6) is 0.220. The molecule has 4 heteroatoms. The van der Waals surface area contributed by atoms with Gasteiger partial charge in [0.25, 0.3) is 0 Å². The first-order chi connectivity index (χ1) is 8.76. The summed E-state index contributed by atoms with van der Waals surface area (Å²) < 4.78 is 0. The van der Waals surface area contributed by atoms with Gasteiger partial charge in [0, 0.05) is 31.7 Å². The Morgan fingerprint density at radius 3 is 2.78 bits per heavy atom. The summed E-state index contributed by atoms with van der Waals surface area (Å²) >= 11 is 0. The number of hydrogen-bond acceptors (Lipinski definition) is 4. The first kappa shape index (κ1) is 12.6. The Morgan fingerprint density at radius 1 is 1.44 bits per heavy atom. The van der Waals surface area contributed by atoms with E-state index in [-0.39, 0.29) is 11.8 Å². The lowest BCUT2D eigenvalue weighted by atomic mass is 10.0. The second-order valence-corrected chi connectivity index (χ2v) is 4.35. The largest absolute Gasteiger partial charge is 0.508 e. The molecule has 1 aliphatic rings. The van der Waals surface area contributed by atoms with E-state index in [4.69, 9.17) is 5.26 Å². The van der Waals surface area contributed by atoms with E-state index >= 15 is 0 Å². The van der Waals surface area contributed by atoms with Gasteiger partial charge in [-0.05, 0) is 18.2 Å². The van der Waals surface area contributed by atoms with E-state index in [1.165, 1.54) is 0 Å². The molecule has 1 aromatic rings. The molecule has 0 saturated carbocycles. The molecule has 0 amide bonds. The van der Waals surface area contributed by atoms with Crippen LogP contribution in [0.2, 0.25) is 0 Å². The number of piperazine rings is 1. The lowest BCUT2D eigenvalue weighted by molar-refractivity contribution is 0.201. The van der Waals surface area contributed by atoms with Crippen LogP contribution in [-0.4, -0.2) is 36.2 Å². The number of benzene rings is 1. The molecule has 2 N–H and O–H groups in total. The van der Waals surface area contributed by atoms with Crippen molar-refractivity contribution in [3.63, 3.8) is 0 Å². The van der Waals surface area contributed by atoms with Crippen molar-refractivity contribution < 1.29 is 5.11 Å². The van der Waals surface area contributed by atoms with Gasteiger partial charge in [-0.3, -0.25) is 4.90 Å². The summed E-state index contributed by atoms with van der Waals surface area (Å²) in [4.78, 5) is 2.25. The number of nitrogens with one attached hydrogen (secondary N) is 1. The third-order valence-corrected chi connectivity index (χ3v) is 3.24. The Kier molecular flexibility index (Phi) is 3.98. The summed E-state index contributed by atoms with van der Waals surface area (Å²) in [6, 6.07) is 7.00. The van der Waals surface area contributed by atoms with Crippen LogP contribution >= 0.6 is 0 Å². The molecule has 2 rings (SSSR count). The van der Waals surface area contributed by atoms with Gasteiger partial charge in [-0.2, -0.15) is 5.26 Å². The van der Waals surface area contributed by atoms with Crippen LogP contribution in [0.15, 0.2) is 30.9 Å². The SMILES string of the molecule is C=C[C@H](c1cc(C#N)ccc1O)N1CCNCC1. The van der Waals surface area contributed by atoms with Crippen LogP contribution in [0.1, 0.15) is 17.2 Å². The molecule has 1 aliphatic heterocycles. The summed E-state index contributed by atoms with van der Waals surface area (Å²) in [5.41, 5.74) is 1.32. The number of hydrogen-bond donors (Lipinski definition) is 2. The lowest BCUT2D eigenvalue weighted by Gasteiger charge is -2.33. The molecule has 0 unspecified atom stereocenters. The third kappa shape index (κ3) is 2.53. The fourth-order valence-electron chi connectivity index (χ4n) is 2.29. The van der Waals surface area contributed by atoms with Crippen molar-refractivity contribution in [2.24, 2.45) is 0 Å². The zero-order valence-corrected chi connectivity index (χ0v) is 10.3. The maximum absolute atomic E-state index is 9.96. The number of aromatic hydroxyl groups is 1. The minimum atomic E-state index is -0.0413. The highest BCUT2D eigenvalue weighted by Crippen LogP contribution is 2.30. The van der Waals surface area contributed by atoms with Crippen molar-refractivity contribution in [1.82, 2.24) is 10.2 Å². The van der Waals surface area contributed by atoms with Crippen molar-refractivity contribution in [2.45, 2.75) is 6.04 Å². The zero-order chi connectivity index (χ0) is 13.0. The summed E-state index contributed by atoms with van der Waals surface area (Å²) in [6.45, 7) is 7.54. The molecule has 18 heavy (non-hydrogen) atoms. The fraction of sp³-hybridized carbons (Fsp3) is 0.357. The average molecular weight is 243 g/mol. The van der Waals surface area contributed by atoms with Gasteiger partial charge in [-0.1, -0.05) is 6.08 Å². The summed E-state index contributed by atoms with van der Waals surface area (Å²) in [6.07, 6.45) is 1.82. The molecular weight excluding hydrogens is 226 g/mol. The number of rotatable bonds is 3. The molecule has 1 aromatic carbocycles. The maximum Gasteiger partial charge on any atom is 0.120 e. The van der Waals surface area contributed by atoms with Gasteiger partial charge >= 0.3 is 0 Å². The van der Waals surface area contributed by atoms with E-state index in [0.29, 0.717) is 5.56 Å². The molecule has 0 bridgehead atoms. The van der Waals surface area contributed by atoms with Crippen LogP contribution < -0.4 is 5.32 Å². The number of nitriles is 1. The molecule has 1 atom stereocenters. The lowest BCUT2D eigenvalue weighted by Crippen LogP contribution is -2.44. The zero-order valence-electron chi connectivity index (χ0n) is 10.3. The van der Waals surface area contributed by atoms with Crippen LogP contribution in [0.4, 0.5) is 0 Å². The van der Waals surface area contributed by atoms with Gasteiger partial charge < -0.3 is 10.4 Å². The van der Waals surface area contributed by atoms with E-state index in [9.17, 15) is 5.11 Å². The molecule has 1 saturated heterocycles. The van der Waals surface area contributed by atoms with Gasteiger partial charge in [-0.25, -0.2) is 0 Å².